The van der Waals surface area contributed by atoms with Crippen LogP contribution in [-0.2, 0) is 20.7 Å². The van der Waals surface area contributed by atoms with E-state index in [4.69, 9.17) is 9.47 Å². The normalized spacial score (nSPS) is 19.6. The minimum atomic E-state index is -1.67. The Balaban J connectivity index is 2.20. The van der Waals surface area contributed by atoms with Gasteiger partial charge in [0.05, 0.1) is 12.5 Å². The lowest BCUT2D eigenvalue weighted by Gasteiger charge is -2.20. The molecule has 2 atom stereocenters. The molecule has 132 valence electrons. The average molecular weight is 341 g/mol. The van der Waals surface area contributed by atoms with Crippen LogP contribution < -0.4 is 5.32 Å². The van der Waals surface area contributed by atoms with Crippen molar-refractivity contribution in [2.75, 3.05) is 11.9 Å². The summed E-state index contributed by atoms with van der Waals surface area (Å²) in [6, 6.07) is 2.41. The molecule has 2 rings (SSSR count). The second-order valence-corrected chi connectivity index (χ2v) is 6.62. The monoisotopic (exact) mass is 341 g/mol. The second-order valence-electron chi connectivity index (χ2n) is 6.62. The summed E-state index contributed by atoms with van der Waals surface area (Å²) in [4.78, 5) is 23.5. The Kier molecular flexibility index (Phi) is 5.11. The zero-order chi connectivity index (χ0) is 18.1. The Bertz CT molecular complexity index is 655. The van der Waals surface area contributed by atoms with Gasteiger partial charge in [-0.1, -0.05) is 0 Å². The van der Waals surface area contributed by atoms with Gasteiger partial charge in [-0.25, -0.2) is 13.6 Å². The predicted octanol–water partition coefficient (Wildman–Crippen LogP) is 3.92. The van der Waals surface area contributed by atoms with Gasteiger partial charge in [0.2, 0.25) is 0 Å². The maximum Gasteiger partial charge on any atom is 0.412 e. The van der Waals surface area contributed by atoms with E-state index in [2.05, 4.69) is 5.32 Å². The lowest BCUT2D eigenvalue weighted by molar-refractivity contribution is -0.149. The Hall–Kier alpha value is -2.18. The van der Waals surface area contributed by atoms with Gasteiger partial charge in [0.1, 0.15) is 17.6 Å². The molecule has 0 aromatic heterocycles. The first-order valence-electron chi connectivity index (χ1n) is 7.75. The highest BCUT2D eigenvalue weighted by atomic mass is 19.1. The molecule has 1 aromatic rings. The van der Waals surface area contributed by atoms with E-state index < -0.39 is 35.6 Å². The Morgan fingerprint density at radius 3 is 2.58 bits per heavy atom. The van der Waals surface area contributed by atoms with Gasteiger partial charge in [-0.3, -0.25) is 10.1 Å². The molecular formula is C17H21F2NO4. The number of hydrogen-bond donors (Lipinski definition) is 1. The zero-order valence-electron chi connectivity index (χ0n) is 14.1. The summed E-state index contributed by atoms with van der Waals surface area (Å²) in [6.45, 7) is 6.83. The molecule has 5 nitrogen and oxygen atoms in total. The van der Waals surface area contributed by atoms with Crippen LogP contribution in [0.1, 0.15) is 45.0 Å². The van der Waals surface area contributed by atoms with Crippen LogP contribution in [0.5, 0.6) is 0 Å². The minimum absolute atomic E-state index is 0.0547. The summed E-state index contributed by atoms with van der Waals surface area (Å²) in [5.74, 6) is -2.43. The fourth-order valence-electron chi connectivity index (χ4n) is 2.61. The number of anilines is 1. The molecule has 1 N–H and O–H groups in total. The van der Waals surface area contributed by atoms with E-state index in [1.165, 1.54) is 6.07 Å². The standard InChI is InChI=1S/C17H21F2NO4/c1-5-23-15(21)12-8-10-11(14(12)19)6-9(7-13(10)18)20-16(22)24-17(2,3)4/h6-7,12,14H,5,8H2,1-4H3,(H,20,22). The van der Waals surface area contributed by atoms with Gasteiger partial charge in [0.25, 0.3) is 0 Å². The van der Waals surface area contributed by atoms with Crippen molar-refractivity contribution in [2.24, 2.45) is 5.92 Å². The van der Waals surface area contributed by atoms with Crippen molar-refractivity contribution < 1.29 is 27.8 Å². The molecule has 0 saturated carbocycles. The van der Waals surface area contributed by atoms with Gasteiger partial charge in [0, 0.05) is 5.69 Å². The molecule has 1 aliphatic rings. The zero-order valence-corrected chi connectivity index (χ0v) is 14.1. The molecule has 1 amide bonds. The molecule has 0 aliphatic heterocycles. The quantitative estimate of drug-likeness (QED) is 0.847. The molecule has 0 bridgehead atoms. The molecule has 2 unspecified atom stereocenters. The highest BCUT2D eigenvalue weighted by Crippen LogP contribution is 2.42. The third-order valence-corrected chi connectivity index (χ3v) is 3.54. The number of carbonyl (C=O) groups is 2. The summed E-state index contributed by atoms with van der Waals surface area (Å²) in [7, 11) is 0. The summed E-state index contributed by atoms with van der Waals surface area (Å²) >= 11 is 0. The smallest absolute Gasteiger partial charge is 0.412 e. The number of carbonyl (C=O) groups excluding carboxylic acids is 2. The van der Waals surface area contributed by atoms with Gasteiger partial charge in [-0.15, -0.1) is 0 Å². The van der Waals surface area contributed by atoms with E-state index >= 15 is 0 Å². The SMILES string of the molecule is CCOC(=O)C1Cc2c(F)cc(NC(=O)OC(C)(C)C)cc2C1F. The van der Waals surface area contributed by atoms with Crippen LogP contribution in [0.4, 0.5) is 19.3 Å². The molecule has 0 spiro atoms. The van der Waals surface area contributed by atoms with Crippen LogP contribution in [0.25, 0.3) is 0 Å². The number of ether oxygens (including phenoxy) is 2. The van der Waals surface area contributed by atoms with Crippen LogP contribution in [0.2, 0.25) is 0 Å². The van der Waals surface area contributed by atoms with E-state index in [9.17, 15) is 18.4 Å². The van der Waals surface area contributed by atoms with Crippen molar-refractivity contribution >= 4 is 17.7 Å². The first-order chi connectivity index (χ1) is 11.1. The van der Waals surface area contributed by atoms with Crippen molar-refractivity contribution in [1.29, 1.82) is 0 Å². The molecule has 7 heteroatoms. The number of rotatable bonds is 3. The van der Waals surface area contributed by atoms with Crippen LogP contribution in [0.15, 0.2) is 12.1 Å². The number of fused-ring (bicyclic) bond motifs is 1. The molecule has 0 fully saturated rings. The van der Waals surface area contributed by atoms with Crippen LogP contribution in [0, 0.1) is 11.7 Å². The first kappa shape index (κ1) is 18.2. The third kappa shape index (κ3) is 4.01. The summed E-state index contributed by atoms with van der Waals surface area (Å²) in [5, 5.41) is 2.37. The topological polar surface area (TPSA) is 64.6 Å². The van der Waals surface area contributed by atoms with Crippen LogP contribution >= 0.6 is 0 Å². The third-order valence-electron chi connectivity index (χ3n) is 3.54. The molecular weight excluding hydrogens is 320 g/mol. The van der Waals surface area contributed by atoms with Crippen molar-refractivity contribution in [3.05, 3.63) is 29.1 Å². The minimum Gasteiger partial charge on any atom is -0.466 e. The fraction of sp³-hybridized carbons (Fsp3) is 0.529. The van der Waals surface area contributed by atoms with Gasteiger partial charge in [-0.2, -0.15) is 0 Å². The van der Waals surface area contributed by atoms with E-state index in [1.807, 2.05) is 0 Å². The molecule has 1 aliphatic carbocycles. The maximum atomic E-state index is 14.5. The van der Waals surface area contributed by atoms with E-state index in [-0.39, 0.29) is 29.8 Å². The highest BCUT2D eigenvalue weighted by molar-refractivity contribution is 5.85. The number of nitrogens with one attached hydrogen (secondary N) is 1. The largest absolute Gasteiger partial charge is 0.466 e. The van der Waals surface area contributed by atoms with Crippen LogP contribution in [0.3, 0.4) is 0 Å². The van der Waals surface area contributed by atoms with Crippen molar-refractivity contribution in [2.45, 2.75) is 45.9 Å². The summed E-state index contributed by atoms with van der Waals surface area (Å²) in [6.07, 6.45) is -2.50. The Labute approximate surface area is 139 Å². The number of hydrogen-bond acceptors (Lipinski definition) is 4. The molecule has 0 heterocycles. The van der Waals surface area contributed by atoms with Crippen molar-refractivity contribution in [3.63, 3.8) is 0 Å². The van der Waals surface area contributed by atoms with Crippen molar-refractivity contribution in [3.8, 4) is 0 Å². The first-order valence-corrected chi connectivity index (χ1v) is 7.75. The summed E-state index contributed by atoms with van der Waals surface area (Å²) in [5.41, 5.74) is -0.446. The van der Waals surface area contributed by atoms with Gasteiger partial charge < -0.3 is 9.47 Å². The summed E-state index contributed by atoms with van der Waals surface area (Å²) < 4.78 is 38.6. The van der Waals surface area contributed by atoms with E-state index in [0.717, 1.165) is 6.07 Å². The lowest BCUT2D eigenvalue weighted by Crippen LogP contribution is -2.27. The Morgan fingerprint density at radius 2 is 2.00 bits per heavy atom. The van der Waals surface area contributed by atoms with E-state index in [0.29, 0.717) is 0 Å². The number of esters is 1. The predicted molar refractivity (Wildman–Crippen MR) is 83.9 cm³/mol. The van der Waals surface area contributed by atoms with E-state index in [1.54, 1.807) is 27.7 Å². The molecule has 0 saturated heterocycles. The highest BCUT2D eigenvalue weighted by Gasteiger charge is 2.40. The number of benzene rings is 1. The second kappa shape index (κ2) is 6.75. The van der Waals surface area contributed by atoms with Gasteiger partial charge in [0.15, 0.2) is 0 Å². The maximum absolute atomic E-state index is 14.5. The number of amides is 1. The number of alkyl halides is 1. The Morgan fingerprint density at radius 1 is 1.33 bits per heavy atom. The van der Waals surface area contributed by atoms with Gasteiger partial charge in [-0.05, 0) is 57.4 Å². The van der Waals surface area contributed by atoms with Crippen LogP contribution in [-0.4, -0.2) is 24.3 Å². The van der Waals surface area contributed by atoms with Gasteiger partial charge >= 0.3 is 12.1 Å². The lowest BCUT2D eigenvalue weighted by atomic mass is 10.1. The van der Waals surface area contributed by atoms with Crippen molar-refractivity contribution in [1.82, 2.24) is 0 Å². The average Bonchev–Trinajstić information content (AvgIpc) is 2.75. The molecule has 1 aromatic carbocycles. The molecule has 0 radical (unpaired) electrons. The number of halogens is 2. The fourth-order valence-corrected chi connectivity index (χ4v) is 2.61. The molecule has 24 heavy (non-hydrogen) atoms.